The smallest absolute Gasteiger partial charge is 0.222 e. The number of fused-ring (bicyclic) bond motifs is 1. The SMILES string of the molecule is Nc1ncc2ncn(CCOCP)c2n1. The zero-order valence-electron chi connectivity index (χ0n) is 8.13. The van der Waals surface area contributed by atoms with Crippen LogP contribution in [0.4, 0.5) is 5.95 Å². The Hall–Kier alpha value is -1.26. The summed E-state index contributed by atoms with van der Waals surface area (Å²) in [4.78, 5) is 12.2. The average molecular weight is 225 g/mol. The molecule has 2 rings (SSSR count). The number of anilines is 1. The van der Waals surface area contributed by atoms with E-state index in [-0.39, 0.29) is 5.95 Å². The van der Waals surface area contributed by atoms with E-state index in [0.717, 1.165) is 11.2 Å². The molecule has 0 aliphatic carbocycles. The first-order chi connectivity index (χ1) is 7.31. The summed E-state index contributed by atoms with van der Waals surface area (Å²) >= 11 is 0. The zero-order chi connectivity index (χ0) is 10.7. The van der Waals surface area contributed by atoms with Gasteiger partial charge in [0.05, 0.1) is 25.5 Å². The Morgan fingerprint density at radius 1 is 1.47 bits per heavy atom. The van der Waals surface area contributed by atoms with Crippen molar-refractivity contribution in [1.29, 1.82) is 0 Å². The molecule has 0 saturated heterocycles. The molecule has 1 unspecified atom stereocenters. The minimum absolute atomic E-state index is 0.260. The van der Waals surface area contributed by atoms with Crippen molar-refractivity contribution in [3.63, 3.8) is 0 Å². The highest BCUT2D eigenvalue weighted by molar-refractivity contribution is 7.16. The molecule has 1 atom stereocenters. The molecule has 0 saturated carbocycles. The van der Waals surface area contributed by atoms with E-state index in [1.54, 1.807) is 12.5 Å². The van der Waals surface area contributed by atoms with Crippen molar-refractivity contribution in [3.8, 4) is 0 Å². The van der Waals surface area contributed by atoms with Gasteiger partial charge in [0.1, 0.15) is 5.52 Å². The molecular formula is C8H12N5OP. The van der Waals surface area contributed by atoms with Crippen molar-refractivity contribution in [3.05, 3.63) is 12.5 Å². The topological polar surface area (TPSA) is 78.8 Å². The van der Waals surface area contributed by atoms with Gasteiger partial charge in [-0.2, -0.15) is 4.98 Å². The first-order valence-electron chi connectivity index (χ1n) is 4.52. The van der Waals surface area contributed by atoms with Crippen LogP contribution in [0.1, 0.15) is 0 Å². The van der Waals surface area contributed by atoms with E-state index in [0.29, 0.717) is 19.5 Å². The number of aromatic nitrogens is 4. The molecule has 0 spiro atoms. The van der Waals surface area contributed by atoms with Crippen LogP contribution in [0.25, 0.3) is 11.2 Å². The minimum atomic E-state index is 0.260. The molecular weight excluding hydrogens is 213 g/mol. The summed E-state index contributed by atoms with van der Waals surface area (Å²) in [6.45, 7) is 1.33. The van der Waals surface area contributed by atoms with Crippen LogP contribution in [0.3, 0.4) is 0 Å². The van der Waals surface area contributed by atoms with E-state index in [1.807, 2.05) is 4.57 Å². The maximum atomic E-state index is 5.51. The Kier molecular flexibility index (Phi) is 3.08. The number of rotatable bonds is 4. The van der Waals surface area contributed by atoms with Gasteiger partial charge in [-0.05, 0) is 0 Å². The van der Waals surface area contributed by atoms with Crippen molar-refractivity contribution in [2.45, 2.75) is 6.54 Å². The quantitative estimate of drug-likeness (QED) is 0.596. The van der Waals surface area contributed by atoms with Crippen molar-refractivity contribution < 1.29 is 4.74 Å². The van der Waals surface area contributed by atoms with Gasteiger partial charge in [0.2, 0.25) is 5.95 Å². The van der Waals surface area contributed by atoms with Crippen LogP contribution in [-0.4, -0.2) is 32.5 Å². The lowest BCUT2D eigenvalue weighted by Gasteiger charge is -2.03. The molecule has 0 aliphatic rings. The van der Waals surface area contributed by atoms with Gasteiger partial charge in [0.15, 0.2) is 5.65 Å². The molecule has 15 heavy (non-hydrogen) atoms. The Balaban J connectivity index is 2.23. The van der Waals surface area contributed by atoms with Crippen LogP contribution in [0.2, 0.25) is 0 Å². The van der Waals surface area contributed by atoms with Crippen LogP contribution in [0.5, 0.6) is 0 Å². The summed E-state index contributed by atoms with van der Waals surface area (Å²) in [5.41, 5.74) is 7.00. The Bertz CT molecular complexity index is 457. The highest BCUT2D eigenvalue weighted by atomic mass is 31.0. The van der Waals surface area contributed by atoms with Gasteiger partial charge in [0, 0.05) is 6.54 Å². The highest BCUT2D eigenvalue weighted by Gasteiger charge is 2.04. The van der Waals surface area contributed by atoms with E-state index >= 15 is 0 Å². The third-order valence-electron chi connectivity index (χ3n) is 1.97. The maximum absolute atomic E-state index is 5.51. The fraction of sp³-hybridized carbons (Fsp3) is 0.375. The molecule has 2 heterocycles. The second-order valence-corrected chi connectivity index (χ2v) is 3.28. The largest absolute Gasteiger partial charge is 0.376 e. The van der Waals surface area contributed by atoms with E-state index in [9.17, 15) is 0 Å². The first-order valence-corrected chi connectivity index (χ1v) is 5.34. The number of hydrogen-bond donors (Lipinski definition) is 1. The molecule has 0 radical (unpaired) electrons. The molecule has 0 aromatic carbocycles. The Morgan fingerprint density at radius 3 is 3.13 bits per heavy atom. The fourth-order valence-corrected chi connectivity index (χ4v) is 1.45. The number of hydrogen-bond acceptors (Lipinski definition) is 5. The van der Waals surface area contributed by atoms with Crippen LogP contribution in [0.15, 0.2) is 12.5 Å². The molecule has 2 N–H and O–H groups in total. The summed E-state index contributed by atoms with van der Waals surface area (Å²) in [6, 6.07) is 0. The predicted octanol–water partition coefficient (Wildman–Crippen LogP) is 0.258. The standard InChI is InChI=1S/C8H12N5OP/c9-8-10-3-6-7(12-8)13(4-11-6)1-2-14-5-15/h3-4H,1-2,5,15H2,(H2,9,10,12). The molecule has 0 amide bonds. The zero-order valence-corrected chi connectivity index (χ0v) is 9.28. The van der Waals surface area contributed by atoms with Crippen molar-refractivity contribution in [2.24, 2.45) is 0 Å². The lowest BCUT2D eigenvalue weighted by atomic mass is 10.5. The number of ether oxygens (including phenoxy) is 1. The number of nitrogens with zero attached hydrogens (tertiary/aromatic N) is 4. The number of imidazole rings is 1. The predicted molar refractivity (Wildman–Crippen MR) is 60.3 cm³/mol. The molecule has 2 aromatic rings. The van der Waals surface area contributed by atoms with E-state index in [2.05, 4.69) is 24.2 Å². The maximum Gasteiger partial charge on any atom is 0.222 e. The lowest BCUT2D eigenvalue weighted by molar-refractivity contribution is 0.173. The highest BCUT2D eigenvalue weighted by Crippen LogP contribution is 2.09. The second kappa shape index (κ2) is 4.51. The van der Waals surface area contributed by atoms with E-state index in [1.165, 1.54) is 0 Å². The molecule has 2 aromatic heterocycles. The van der Waals surface area contributed by atoms with Crippen LogP contribution in [-0.2, 0) is 11.3 Å². The van der Waals surface area contributed by atoms with E-state index in [4.69, 9.17) is 10.5 Å². The van der Waals surface area contributed by atoms with Crippen molar-refractivity contribution in [1.82, 2.24) is 19.5 Å². The summed E-state index contributed by atoms with van der Waals surface area (Å²) in [7, 11) is 2.51. The molecule has 0 aliphatic heterocycles. The average Bonchev–Trinajstić information content (AvgIpc) is 2.62. The second-order valence-electron chi connectivity index (χ2n) is 2.95. The summed E-state index contributed by atoms with van der Waals surface area (Å²) < 4.78 is 7.12. The summed E-state index contributed by atoms with van der Waals surface area (Å²) in [5.74, 6) is 0.260. The summed E-state index contributed by atoms with van der Waals surface area (Å²) in [5, 5.41) is 0. The van der Waals surface area contributed by atoms with Gasteiger partial charge in [-0.25, -0.2) is 9.97 Å². The van der Waals surface area contributed by atoms with Crippen LogP contribution < -0.4 is 5.73 Å². The molecule has 0 bridgehead atoms. The van der Waals surface area contributed by atoms with Gasteiger partial charge in [-0.15, -0.1) is 9.24 Å². The van der Waals surface area contributed by atoms with E-state index < -0.39 is 0 Å². The Labute approximate surface area is 89.1 Å². The normalized spacial score (nSPS) is 11.0. The Morgan fingerprint density at radius 2 is 2.33 bits per heavy atom. The first kappa shape index (κ1) is 10.3. The van der Waals surface area contributed by atoms with Gasteiger partial charge in [0.25, 0.3) is 0 Å². The third kappa shape index (κ3) is 2.22. The monoisotopic (exact) mass is 225 g/mol. The lowest BCUT2D eigenvalue weighted by Crippen LogP contribution is -2.05. The van der Waals surface area contributed by atoms with Crippen LogP contribution in [0, 0.1) is 0 Å². The molecule has 80 valence electrons. The third-order valence-corrected chi connectivity index (χ3v) is 2.21. The fourth-order valence-electron chi connectivity index (χ4n) is 1.28. The van der Waals surface area contributed by atoms with Gasteiger partial charge in [-0.1, -0.05) is 0 Å². The van der Waals surface area contributed by atoms with Gasteiger partial charge in [-0.3, -0.25) is 0 Å². The van der Waals surface area contributed by atoms with Crippen molar-refractivity contribution >= 4 is 26.4 Å². The summed E-state index contributed by atoms with van der Waals surface area (Å²) in [6.07, 6.45) is 3.96. The molecule has 6 nitrogen and oxygen atoms in total. The van der Waals surface area contributed by atoms with Crippen molar-refractivity contribution in [2.75, 3.05) is 18.7 Å². The van der Waals surface area contributed by atoms with Crippen LogP contribution >= 0.6 is 9.24 Å². The number of nitrogens with two attached hydrogens (primary N) is 1. The number of nitrogen functional groups attached to an aromatic ring is 1. The van der Waals surface area contributed by atoms with Gasteiger partial charge >= 0.3 is 0 Å². The molecule has 7 heteroatoms. The van der Waals surface area contributed by atoms with Gasteiger partial charge < -0.3 is 15.0 Å². The molecule has 0 fully saturated rings. The minimum Gasteiger partial charge on any atom is -0.376 e.